The van der Waals surface area contributed by atoms with E-state index in [1.54, 1.807) is 0 Å². The molecule has 3 nitrogen and oxygen atoms in total. The van der Waals surface area contributed by atoms with Crippen LogP contribution < -0.4 is 0 Å². The first-order valence-electron chi connectivity index (χ1n) is 5.69. The van der Waals surface area contributed by atoms with Crippen molar-refractivity contribution < 1.29 is 6.85 Å². The average molecular weight is 308 g/mol. The molecule has 0 bridgehead atoms. The summed E-state index contributed by atoms with van der Waals surface area (Å²) in [6.45, 7) is 0. The van der Waals surface area contributed by atoms with Crippen LogP contribution in [0.1, 0.15) is 6.85 Å². The SMILES string of the molecule is [2H]c1nc(Br)c([2H])c(-n2c([2H])nc(Br)c2[2H])c1[2H]. The molecule has 0 amide bonds. The Morgan fingerprint density at radius 1 is 1.31 bits per heavy atom. The fourth-order valence-corrected chi connectivity index (χ4v) is 1.27. The van der Waals surface area contributed by atoms with Crippen molar-refractivity contribution in [1.82, 2.24) is 14.5 Å². The Balaban J connectivity index is 2.87. The number of hydrogen-bond donors (Lipinski definition) is 0. The van der Waals surface area contributed by atoms with E-state index in [1.165, 1.54) is 0 Å². The van der Waals surface area contributed by atoms with Gasteiger partial charge in [-0.2, -0.15) is 0 Å². The van der Waals surface area contributed by atoms with Crippen LogP contribution in [0.25, 0.3) is 5.69 Å². The summed E-state index contributed by atoms with van der Waals surface area (Å²) in [5.74, 6) is 0. The Kier molecular flexibility index (Phi) is 1.30. The first-order valence-corrected chi connectivity index (χ1v) is 4.78. The molecule has 2 rings (SSSR count). The van der Waals surface area contributed by atoms with Crippen LogP contribution in [0, 0.1) is 0 Å². The van der Waals surface area contributed by atoms with Crippen molar-refractivity contribution in [3.63, 3.8) is 0 Å². The van der Waals surface area contributed by atoms with Gasteiger partial charge in [0, 0.05) is 12.3 Å². The van der Waals surface area contributed by atoms with Gasteiger partial charge in [0.05, 0.1) is 11.2 Å². The lowest BCUT2D eigenvalue weighted by Gasteiger charge is -2.00. The Labute approximate surface area is 99.1 Å². The predicted molar refractivity (Wildman–Crippen MR) is 56.8 cm³/mol. The topological polar surface area (TPSA) is 30.7 Å². The summed E-state index contributed by atoms with van der Waals surface area (Å²) < 4.78 is 39.7. The zero-order valence-corrected chi connectivity index (χ0v) is 9.27. The second kappa shape index (κ2) is 3.59. The van der Waals surface area contributed by atoms with Gasteiger partial charge in [-0.05, 0) is 43.9 Å². The number of pyridine rings is 1. The maximum absolute atomic E-state index is 7.83. The van der Waals surface area contributed by atoms with E-state index in [9.17, 15) is 0 Å². The van der Waals surface area contributed by atoms with Crippen molar-refractivity contribution in [1.29, 1.82) is 0 Å². The van der Waals surface area contributed by atoms with Crippen molar-refractivity contribution in [2.45, 2.75) is 0 Å². The summed E-state index contributed by atoms with van der Waals surface area (Å²) >= 11 is 6.03. The van der Waals surface area contributed by atoms with Crippen LogP contribution in [0.3, 0.4) is 0 Å². The number of aromatic nitrogens is 3. The minimum atomic E-state index is -0.337. The third-order valence-electron chi connectivity index (χ3n) is 1.23. The third-order valence-corrected chi connectivity index (χ3v) is 1.96. The van der Waals surface area contributed by atoms with Gasteiger partial charge in [0.2, 0.25) is 0 Å². The highest BCUT2D eigenvalue weighted by Crippen LogP contribution is 2.14. The molecule has 5 heteroatoms. The van der Waals surface area contributed by atoms with E-state index in [0.29, 0.717) is 0 Å². The molecule has 0 spiro atoms. The minimum Gasteiger partial charge on any atom is -0.305 e. The maximum Gasteiger partial charge on any atom is 0.124 e. The molecule has 2 heterocycles. The van der Waals surface area contributed by atoms with Gasteiger partial charge in [-0.3, -0.25) is 0 Å². The van der Waals surface area contributed by atoms with Crippen LogP contribution >= 0.6 is 31.9 Å². The smallest absolute Gasteiger partial charge is 0.124 e. The number of imidazole rings is 1. The number of hydrogen-bond acceptors (Lipinski definition) is 2. The van der Waals surface area contributed by atoms with Crippen LogP contribution in [-0.4, -0.2) is 14.5 Å². The third kappa shape index (κ3) is 1.97. The maximum atomic E-state index is 7.83. The summed E-state index contributed by atoms with van der Waals surface area (Å²) in [6, 6.07) is -0.488. The van der Waals surface area contributed by atoms with E-state index < -0.39 is 0 Å². The highest BCUT2D eigenvalue weighted by atomic mass is 79.9. The second-order valence-electron chi connectivity index (χ2n) is 2.06. The largest absolute Gasteiger partial charge is 0.305 e. The lowest BCUT2D eigenvalue weighted by atomic mass is 10.4. The fourth-order valence-electron chi connectivity index (χ4n) is 0.741. The second-order valence-corrected chi connectivity index (χ2v) is 3.57. The normalized spacial score (nSPS) is 15.7. The van der Waals surface area contributed by atoms with Crippen molar-refractivity contribution in [3.05, 3.63) is 39.9 Å². The first kappa shape index (κ1) is 4.70. The number of halogens is 2. The molecule has 2 aromatic heterocycles. The van der Waals surface area contributed by atoms with Crippen LogP contribution in [0.15, 0.2) is 39.9 Å². The zero-order chi connectivity index (χ0) is 13.6. The molecule has 0 saturated heterocycles. The molecular weight excluding hydrogens is 298 g/mol. The number of rotatable bonds is 1. The molecule has 13 heavy (non-hydrogen) atoms. The molecule has 2 aromatic rings. The van der Waals surface area contributed by atoms with Gasteiger partial charge < -0.3 is 4.57 Å². The molecule has 0 N–H and O–H groups in total. The van der Waals surface area contributed by atoms with E-state index >= 15 is 0 Å². The van der Waals surface area contributed by atoms with Gasteiger partial charge in [-0.25, -0.2) is 9.97 Å². The Morgan fingerprint density at radius 2 is 2.15 bits per heavy atom. The van der Waals surface area contributed by atoms with Crippen molar-refractivity contribution in [2.75, 3.05) is 0 Å². The van der Waals surface area contributed by atoms with E-state index in [0.717, 1.165) is 4.57 Å². The Bertz CT molecular complexity index is 616. The molecule has 0 aliphatic heterocycles. The molecule has 66 valence electrons. The average Bonchev–Trinajstić information content (AvgIpc) is 2.53. The summed E-state index contributed by atoms with van der Waals surface area (Å²) in [4.78, 5) is 7.39. The van der Waals surface area contributed by atoms with Crippen LogP contribution in [0.4, 0.5) is 0 Å². The van der Waals surface area contributed by atoms with Gasteiger partial charge in [0.15, 0.2) is 0 Å². The van der Waals surface area contributed by atoms with Crippen molar-refractivity contribution >= 4 is 31.9 Å². The highest BCUT2D eigenvalue weighted by molar-refractivity contribution is 9.10. The van der Waals surface area contributed by atoms with E-state index in [2.05, 4.69) is 41.8 Å². The lowest BCUT2D eigenvalue weighted by molar-refractivity contribution is 1.04. The molecule has 0 atom stereocenters. The van der Waals surface area contributed by atoms with Crippen molar-refractivity contribution in [2.24, 2.45) is 0 Å². The van der Waals surface area contributed by atoms with Gasteiger partial charge in [-0.15, -0.1) is 0 Å². The highest BCUT2D eigenvalue weighted by Gasteiger charge is 1.98. The molecule has 0 saturated carbocycles. The monoisotopic (exact) mass is 306 g/mol. The molecule has 0 fully saturated rings. The van der Waals surface area contributed by atoms with Crippen LogP contribution in [0.2, 0.25) is 0 Å². The number of nitrogens with zero attached hydrogens (tertiary/aromatic N) is 3. The first-order chi connectivity index (χ1) is 8.34. The summed E-state index contributed by atoms with van der Waals surface area (Å²) in [6.07, 6.45) is -0.776. The fraction of sp³-hybridized carbons (Fsp3) is 0. The van der Waals surface area contributed by atoms with E-state index in [-0.39, 0.29) is 45.6 Å². The minimum absolute atomic E-state index is 0.0601. The van der Waals surface area contributed by atoms with E-state index in [4.69, 9.17) is 6.85 Å². The molecular formula is C8H5Br2N3. The standard InChI is InChI=1S/C8H5Br2N3/c9-7-3-6(1-2-11-7)13-4-8(10)12-5-13/h1-5H/i1D,2D,3D,4D,5D. The molecule has 0 aromatic carbocycles. The van der Waals surface area contributed by atoms with Crippen molar-refractivity contribution in [3.8, 4) is 5.69 Å². The zero-order valence-electron chi connectivity index (χ0n) is 11.1. The van der Waals surface area contributed by atoms with Gasteiger partial charge in [-0.1, -0.05) is 0 Å². The quantitative estimate of drug-likeness (QED) is 0.759. The van der Waals surface area contributed by atoms with E-state index in [1.807, 2.05) is 0 Å². The summed E-state index contributed by atoms with van der Waals surface area (Å²) in [5.41, 5.74) is -0.0601. The summed E-state index contributed by atoms with van der Waals surface area (Å²) in [5, 5.41) is 0. The van der Waals surface area contributed by atoms with Gasteiger partial charge >= 0.3 is 0 Å². The summed E-state index contributed by atoms with van der Waals surface area (Å²) in [7, 11) is 0. The lowest BCUT2D eigenvalue weighted by Crippen LogP contribution is -1.89. The van der Waals surface area contributed by atoms with Crippen LogP contribution in [-0.2, 0) is 0 Å². The predicted octanol–water partition coefficient (Wildman–Crippen LogP) is 2.79. The molecule has 0 aliphatic carbocycles. The molecule has 0 aliphatic rings. The van der Waals surface area contributed by atoms with Gasteiger partial charge in [0.1, 0.15) is 16.9 Å². The van der Waals surface area contributed by atoms with Crippen LogP contribution in [0.5, 0.6) is 0 Å². The Hall–Kier alpha value is -0.680. The molecule has 0 radical (unpaired) electrons. The van der Waals surface area contributed by atoms with Gasteiger partial charge in [0.25, 0.3) is 0 Å². The molecule has 0 unspecified atom stereocenters. The Morgan fingerprint density at radius 3 is 2.85 bits per heavy atom.